The molecule has 0 aromatic heterocycles. The Morgan fingerprint density at radius 3 is 2.65 bits per heavy atom. The van der Waals surface area contributed by atoms with Crippen LogP contribution in [0.2, 0.25) is 0 Å². The van der Waals surface area contributed by atoms with Crippen molar-refractivity contribution < 1.29 is 14.3 Å². The van der Waals surface area contributed by atoms with Gasteiger partial charge in [0, 0.05) is 12.1 Å². The maximum absolute atomic E-state index is 12.6. The monoisotopic (exact) mass is 276 g/mol. The molecule has 0 radical (unpaired) electrons. The van der Waals surface area contributed by atoms with Crippen LogP contribution < -0.4 is 5.73 Å². The fourth-order valence-electron chi connectivity index (χ4n) is 2.91. The average Bonchev–Trinajstić information content (AvgIpc) is 2.91. The van der Waals surface area contributed by atoms with E-state index in [0.717, 1.165) is 6.42 Å². The van der Waals surface area contributed by atoms with Crippen molar-refractivity contribution in [3.05, 3.63) is 35.9 Å². The fraction of sp³-hybridized carbons (Fsp3) is 0.467. The van der Waals surface area contributed by atoms with E-state index in [-0.39, 0.29) is 11.9 Å². The van der Waals surface area contributed by atoms with E-state index in [9.17, 15) is 9.59 Å². The molecule has 0 bridgehead atoms. The molecule has 2 rings (SSSR count). The van der Waals surface area contributed by atoms with Crippen molar-refractivity contribution in [2.24, 2.45) is 5.73 Å². The van der Waals surface area contributed by atoms with Gasteiger partial charge >= 0.3 is 5.97 Å². The van der Waals surface area contributed by atoms with Crippen molar-refractivity contribution >= 4 is 11.9 Å². The molecule has 5 heteroatoms. The summed E-state index contributed by atoms with van der Waals surface area (Å²) < 4.78 is 4.92. The van der Waals surface area contributed by atoms with Crippen LogP contribution in [0, 0.1) is 0 Å². The van der Waals surface area contributed by atoms with Crippen LogP contribution in [0.3, 0.4) is 0 Å². The van der Waals surface area contributed by atoms with E-state index >= 15 is 0 Å². The molecule has 0 spiro atoms. The summed E-state index contributed by atoms with van der Waals surface area (Å²) in [7, 11) is 1.35. The van der Waals surface area contributed by atoms with Crippen LogP contribution in [0.1, 0.15) is 29.6 Å². The van der Waals surface area contributed by atoms with E-state index in [2.05, 4.69) is 0 Å². The molecule has 1 saturated heterocycles. The summed E-state index contributed by atoms with van der Waals surface area (Å²) in [6, 6.07) is 8.99. The number of methoxy groups -OCH3 is 1. The van der Waals surface area contributed by atoms with E-state index in [1.807, 2.05) is 18.2 Å². The minimum Gasteiger partial charge on any atom is -0.467 e. The summed E-state index contributed by atoms with van der Waals surface area (Å²) in [5, 5.41) is 0. The molecule has 1 unspecified atom stereocenters. The summed E-state index contributed by atoms with van der Waals surface area (Å²) in [6.45, 7) is 0.899. The Kier molecular flexibility index (Phi) is 4.39. The molecular weight excluding hydrogens is 256 g/mol. The van der Waals surface area contributed by atoms with Crippen molar-refractivity contribution in [1.82, 2.24) is 4.90 Å². The molecule has 1 aliphatic rings. The second kappa shape index (κ2) is 6.05. The van der Waals surface area contributed by atoms with Gasteiger partial charge in [-0.15, -0.1) is 0 Å². The highest BCUT2D eigenvalue weighted by molar-refractivity contribution is 5.98. The number of nitrogens with two attached hydrogens (primary N) is 1. The van der Waals surface area contributed by atoms with Crippen LogP contribution in [-0.4, -0.2) is 42.5 Å². The van der Waals surface area contributed by atoms with E-state index < -0.39 is 5.54 Å². The van der Waals surface area contributed by atoms with Crippen molar-refractivity contribution in [2.45, 2.75) is 24.8 Å². The Labute approximate surface area is 118 Å². The van der Waals surface area contributed by atoms with Gasteiger partial charge in [0.15, 0.2) is 0 Å². The van der Waals surface area contributed by atoms with E-state index in [1.54, 1.807) is 17.0 Å². The number of nitrogens with zero attached hydrogens (tertiary/aromatic N) is 1. The quantitative estimate of drug-likeness (QED) is 0.838. The molecule has 1 aromatic rings. The smallest absolute Gasteiger partial charge is 0.331 e. The van der Waals surface area contributed by atoms with Crippen LogP contribution in [0.4, 0.5) is 0 Å². The first-order chi connectivity index (χ1) is 9.65. The molecule has 2 N–H and O–H groups in total. The molecule has 5 nitrogen and oxygen atoms in total. The number of ether oxygens (including phenoxy) is 1. The number of benzene rings is 1. The Morgan fingerprint density at radius 2 is 2.05 bits per heavy atom. The Balaban J connectivity index is 2.33. The molecule has 1 aromatic carbocycles. The lowest BCUT2D eigenvalue weighted by Crippen LogP contribution is -2.54. The third-order valence-electron chi connectivity index (χ3n) is 3.88. The minimum absolute atomic E-state index is 0.137. The maximum atomic E-state index is 12.6. The number of amides is 1. The number of rotatable bonds is 4. The Bertz CT molecular complexity index is 489. The molecule has 1 amide bonds. The summed E-state index contributed by atoms with van der Waals surface area (Å²) in [6.07, 6.45) is 1.82. The van der Waals surface area contributed by atoms with Gasteiger partial charge < -0.3 is 15.4 Å². The van der Waals surface area contributed by atoms with Crippen LogP contribution in [0.15, 0.2) is 30.3 Å². The first-order valence-corrected chi connectivity index (χ1v) is 6.81. The van der Waals surface area contributed by atoms with Gasteiger partial charge in [0.05, 0.1) is 7.11 Å². The third-order valence-corrected chi connectivity index (χ3v) is 3.88. The predicted molar refractivity (Wildman–Crippen MR) is 75.1 cm³/mol. The second-order valence-corrected chi connectivity index (χ2v) is 4.99. The summed E-state index contributed by atoms with van der Waals surface area (Å²) in [5.74, 6) is -0.508. The lowest BCUT2D eigenvalue weighted by atomic mass is 9.91. The first-order valence-electron chi connectivity index (χ1n) is 6.81. The lowest BCUT2D eigenvalue weighted by Gasteiger charge is -2.35. The lowest BCUT2D eigenvalue weighted by molar-refractivity contribution is -0.152. The maximum Gasteiger partial charge on any atom is 0.331 e. The van der Waals surface area contributed by atoms with Crippen molar-refractivity contribution in [3.63, 3.8) is 0 Å². The zero-order valence-corrected chi connectivity index (χ0v) is 11.7. The molecule has 108 valence electrons. The molecular formula is C15H20N2O3. The van der Waals surface area contributed by atoms with Crippen molar-refractivity contribution in [1.29, 1.82) is 0 Å². The minimum atomic E-state index is -0.906. The predicted octanol–water partition coefficient (Wildman–Crippen LogP) is 1.18. The highest BCUT2D eigenvalue weighted by Gasteiger charge is 2.50. The van der Waals surface area contributed by atoms with E-state index in [4.69, 9.17) is 10.5 Å². The largest absolute Gasteiger partial charge is 0.467 e. The average molecular weight is 276 g/mol. The van der Waals surface area contributed by atoms with Crippen LogP contribution in [-0.2, 0) is 9.53 Å². The molecule has 1 atom stereocenters. The number of likely N-dealkylation sites (tertiary alicyclic amines) is 1. The highest BCUT2D eigenvalue weighted by atomic mass is 16.5. The molecule has 20 heavy (non-hydrogen) atoms. The molecule has 0 aliphatic carbocycles. The van der Waals surface area contributed by atoms with Gasteiger partial charge in [-0.05, 0) is 37.9 Å². The van der Waals surface area contributed by atoms with Crippen molar-refractivity contribution in [2.75, 3.05) is 20.2 Å². The standard InChI is InChI=1S/C15H20N2O3/c1-20-14(19)15(9-10-16)8-5-11-17(15)13(18)12-6-3-2-4-7-12/h2-4,6-7H,5,8-11,16H2,1H3. The molecule has 0 saturated carbocycles. The third kappa shape index (κ3) is 2.41. The summed E-state index contributed by atoms with van der Waals surface area (Å²) in [5.41, 5.74) is 5.32. The van der Waals surface area contributed by atoms with Crippen LogP contribution in [0.25, 0.3) is 0 Å². The van der Waals surface area contributed by atoms with Crippen molar-refractivity contribution in [3.8, 4) is 0 Å². The van der Waals surface area contributed by atoms with E-state index in [1.165, 1.54) is 7.11 Å². The normalized spacial score (nSPS) is 21.8. The highest BCUT2D eigenvalue weighted by Crippen LogP contribution is 2.34. The summed E-state index contributed by atoms with van der Waals surface area (Å²) >= 11 is 0. The number of carbonyl (C=O) groups excluding carboxylic acids is 2. The van der Waals surface area contributed by atoms with Crippen LogP contribution in [0.5, 0.6) is 0 Å². The van der Waals surface area contributed by atoms with Gasteiger partial charge in [0.25, 0.3) is 5.91 Å². The van der Waals surface area contributed by atoms with Gasteiger partial charge in [0.2, 0.25) is 0 Å². The van der Waals surface area contributed by atoms with Gasteiger partial charge in [-0.2, -0.15) is 0 Å². The molecule has 1 aliphatic heterocycles. The number of carbonyl (C=O) groups is 2. The zero-order valence-electron chi connectivity index (χ0n) is 11.7. The SMILES string of the molecule is COC(=O)C1(CCN)CCCN1C(=O)c1ccccc1. The summed E-state index contributed by atoms with van der Waals surface area (Å²) in [4.78, 5) is 26.5. The molecule has 1 heterocycles. The first kappa shape index (κ1) is 14.5. The fourth-order valence-corrected chi connectivity index (χ4v) is 2.91. The van der Waals surface area contributed by atoms with E-state index in [0.29, 0.717) is 31.5 Å². The van der Waals surface area contributed by atoms with Gasteiger partial charge in [0.1, 0.15) is 5.54 Å². The number of hydrogen-bond acceptors (Lipinski definition) is 4. The Hall–Kier alpha value is -1.88. The molecule has 1 fully saturated rings. The topological polar surface area (TPSA) is 72.6 Å². The Morgan fingerprint density at radius 1 is 1.35 bits per heavy atom. The number of esters is 1. The van der Waals surface area contributed by atoms with Crippen LogP contribution >= 0.6 is 0 Å². The zero-order chi connectivity index (χ0) is 14.6. The van der Waals surface area contributed by atoms with Gasteiger partial charge in [-0.1, -0.05) is 18.2 Å². The van der Waals surface area contributed by atoms with Gasteiger partial charge in [-0.25, -0.2) is 4.79 Å². The second-order valence-electron chi connectivity index (χ2n) is 4.99. The number of hydrogen-bond donors (Lipinski definition) is 1. The van der Waals surface area contributed by atoms with Gasteiger partial charge in [-0.3, -0.25) is 4.79 Å².